The van der Waals surface area contributed by atoms with Crippen molar-refractivity contribution in [2.24, 2.45) is 21.6 Å². The van der Waals surface area contributed by atoms with Crippen molar-refractivity contribution in [2.45, 2.75) is 12.3 Å². The van der Waals surface area contributed by atoms with Crippen molar-refractivity contribution in [3.63, 3.8) is 0 Å². The number of fused-ring (bicyclic) bond motifs is 2. The van der Waals surface area contributed by atoms with Gasteiger partial charge in [0.15, 0.2) is 5.41 Å². The van der Waals surface area contributed by atoms with Crippen LogP contribution in [0.4, 0.5) is 0 Å². The lowest BCUT2D eigenvalue weighted by atomic mass is 9.94. The van der Waals surface area contributed by atoms with E-state index in [1.165, 1.54) is 0 Å². The largest absolute Gasteiger partial charge is 0.386 e. The topological polar surface area (TPSA) is 104 Å². The number of rotatable bonds is 0. The molecule has 0 amide bonds. The highest BCUT2D eigenvalue weighted by molar-refractivity contribution is 5.97. The number of nitrogens with zero attached hydrogens (tertiary/aromatic N) is 3. The Bertz CT molecular complexity index is 454. The van der Waals surface area contributed by atoms with Gasteiger partial charge in [0.2, 0.25) is 0 Å². The number of nitrogens with two attached hydrogens (primary N) is 1. The Hall–Kier alpha value is -1.63. The summed E-state index contributed by atoms with van der Waals surface area (Å²) in [7, 11) is 0. The van der Waals surface area contributed by atoms with Crippen LogP contribution < -0.4 is 5.73 Å². The molecule has 2 N–H and O–H groups in total. The Kier molecular flexibility index (Phi) is 1.23. The van der Waals surface area contributed by atoms with E-state index < -0.39 is 16.7 Å². The lowest BCUT2D eigenvalue weighted by molar-refractivity contribution is -0.182. The van der Waals surface area contributed by atoms with E-state index in [1.54, 1.807) is 0 Å². The van der Waals surface area contributed by atoms with Crippen LogP contribution in [0.15, 0.2) is 4.99 Å². The zero-order valence-electron chi connectivity index (χ0n) is 7.86. The first-order valence-corrected chi connectivity index (χ1v) is 4.63. The van der Waals surface area contributed by atoms with Gasteiger partial charge >= 0.3 is 0 Å². The van der Waals surface area contributed by atoms with E-state index in [0.717, 1.165) is 0 Å². The molecule has 3 rings (SSSR count). The van der Waals surface area contributed by atoms with Crippen LogP contribution in [-0.4, -0.2) is 25.0 Å². The molecular weight excluding hydrogens is 196 g/mol. The van der Waals surface area contributed by atoms with Crippen LogP contribution in [0.25, 0.3) is 0 Å². The molecule has 2 atom stereocenters. The van der Waals surface area contributed by atoms with Gasteiger partial charge in [-0.15, -0.1) is 0 Å². The highest BCUT2D eigenvalue weighted by Gasteiger charge is 2.87. The molecule has 1 saturated heterocycles. The molecule has 0 radical (unpaired) electrons. The quantitative estimate of drug-likeness (QED) is 0.571. The van der Waals surface area contributed by atoms with Gasteiger partial charge in [0.1, 0.15) is 11.3 Å². The van der Waals surface area contributed by atoms with E-state index in [9.17, 15) is 5.26 Å². The predicted molar refractivity (Wildman–Crippen MR) is 47.0 cm³/mol. The van der Waals surface area contributed by atoms with Crippen molar-refractivity contribution in [3.8, 4) is 12.1 Å². The van der Waals surface area contributed by atoms with Gasteiger partial charge in [-0.1, -0.05) is 0 Å². The van der Waals surface area contributed by atoms with Gasteiger partial charge < -0.3 is 15.2 Å². The molecular formula is C9H8N4O2. The van der Waals surface area contributed by atoms with Crippen molar-refractivity contribution in [1.29, 1.82) is 10.5 Å². The van der Waals surface area contributed by atoms with E-state index in [-0.39, 0.29) is 5.84 Å². The maximum absolute atomic E-state index is 9.22. The molecule has 0 aromatic heterocycles. The SMILES string of the molecule is N#C[C@]12C[C@]1(C#N)C1(N=C2N)OCCO1. The second-order valence-electron chi connectivity index (χ2n) is 3.99. The fourth-order valence-electron chi connectivity index (χ4n) is 2.50. The molecule has 3 aliphatic rings. The van der Waals surface area contributed by atoms with Gasteiger partial charge in [0.25, 0.3) is 5.91 Å². The summed E-state index contributed by atoms with van der Waals surface area (Å²) in [5, 5.41) is 18.3. The van der Waals surface area contributed by atoms with Gasteiger partial charge in [0, 0.05) is 6.42 Å². The number of nitriles is 2. The molecule has 0 bridgehead atoms. The zero-order chi connectivity index (χ0) is 10.7. The molecule has 6 nitrogen and oxygen atoms in total. The second-order valence-corrected chi connectivity index (χ2v) is 3.99. The highest BCUT2D eigenvalue weighted by atomic mass is 16.8. The molecule has 1 aliphatic carbocycles. The van der Waals surface area contributed by atoms with Crippen LogP contribution in [0.1, 0.15) is 6.42 Å². The summed E-state index contributed by atoms with van der Waals surface area (Å²) >= 11 is 0. The van der Waals surface area contributed by atoms with E-state index in [4.69, 9.17) is 20.5 Å². The lowest BCUT2D eigenvalue weighted by Gasteiger charge is -2.23. The minimum absolute atomic E-state index is 0.161. The summed E-state index contributed by atoms with van der Waals surface area (Å²) in [6, 6.07) is 4.17. The fraction of sp³-hybridized carbons (Fsp3) is 0.667. The van der Waals surface area contributed by atoms with Gasteiger partial charge in [-0.3, -0.25) is 0 Å². The molecule has 2 aliphatic heterocycles. The van der Waals surface area contributed by atoms with Crippen molar-refractivity contribution in [3.05, 3.63) is 0 Å². The minimum Gasteiger partial charge on any atom is -0.386 e. The Morgan fingerprint density at radius 2 is 1.93 bits per heavy atom. The molecule has 1 saturated carbocycles. The number of amidine groups is 1. The molecule has 0 aromatic carbocycles. The maximum Gasteiger partial charge on any atom is 0.292 e. The normalized spacial score (nSPS) is 44.3. The minimum atomic E-state index is -1.32. The number of hydrogen-bond donors (Lipinski definition) is 1. The third-order valence-electron chi connectivity index (χ3n) is 3.44. The average Bonchev–Trinajstić information content (AvgIpc) is 2.67. The summed E-state index contributed by atoms with van der Waals surface area (Å²) in [5.41, 5.74) is 3.67. The van der Waals surface area contributed by atoms with E-state index >= 15 is 0 Å². The van der Waals surface area contributed by atoms with Crippen LogP contribution in [0.5, 0.6) is 0 Å². The first-order valence-electron chi connectivity index (χ1n) is 4.63. The maximum atomic E-state index is 9.22. The van der Waals surface area contributed by atoms with E-state index in [2.05, 4.69) is 17.1 Å². The van der Waals surface area contributed by atoms with Crippen LogP contribution in [0.3, 0.4) is 0 Å². The van der Waals surface area contributed by atoms with Crippen molar-refractivity contribution >= 4 is 5.84 Å². The molecule has 2 heterocycles. The third-order valence-corrected chi connectivity index (χ3v) is 3.44. The first kappa shape index (κ1) is 8.66. The predicted octanol–water partition coefficient (Wildman–Crippen LogP) is -0.519. The van der Waals surface area contributed by atoms with E-state index in [1.807, 2.05) is 0 Å². The van der Waals surface area contributed by atoms with Crippen LogP contribution in [0, 0.1) is 33.5 Å². The molecule has 15 heavy (non-hydrogen) atoms. The lowest BCUT2D eigenvalue weighted by Crippen LogP contribution is -2.37. The fourth-order valence-corrected chi connectivity index (χ4v) is 2.50. The van der Waals surface area contributed by atoms with E-state index in [0.29, 0.717) is 19.6 Å². The Morgan fingerprint density at radius 3 is 2.40 bits per heavy atom. The second kappa shape index (κ2) is 2.13. The van der Waals surface area contributed by atoms with Crippen LogP contribution >= 0.6 is 0 Å². The summed E-state index contributed by atoms with van der Waals surface area (Å²) in [4.78, 5) is 4.04. The molecule has 6 heteroatoms. The highest BCUT2D eigenvalue weighted by Crippen LogP contribution is 2.74. The number of ether oxygens (including phenoxy) is 2. The smallest absolute Gasteiger partial charge is 0.292 e. The summed E-state index contributed by atoms with van der Waals surface area (Å²) < 4.78 is 10.8. The molecule has 2 fully saturated rings. The van der Waals surface area contributed by atoms with Crippen molar-refractivity contribution < 1.29 is 9.47 Å². The molecule has 0 unspecified atom stereocenters. The van der Waals surface area contributed by atoms with Crippen molar-refractivity contribution in [2.75, 3.05) is 13.2 Å². The van der Waals surface area contributed by atoms with Gasteiger partial charge in [-0.2, -0.15) is 10.5 Å². The van der Waals surface area contributed by atoms with Gasteiger partial charge in [-0.05, 0) is 0 Å². The Labute approximate surface area is 85.9 Å². The number of aliphatic imine (C=N–C) groups is 1. The Balaban J connectivity index is 2.17. The molecule has 0 aromatic rings. The summed E-state index contributed by atoms with van der Waals surface area (Å²) in [6.07, 6.45) is 0.350. The van der Waals surface area contributed by atoms with Crippen molar-refractivity contribution in [1.82, 2.24) is 0 Å². The first-order chi connectivity index (χ1) is 7.16. The van der Waals surface area contributed by atoms with Crippen LogP contribution in [-0.2, 0) is 9.47 Å². The molecule has 1 spiro atoms. The Morgan fingerprint density at radius 1 is 1.27 bits per heavy atom. The number of hydrogen-bond acceptors (Lipinski definition) is 6. The van der Waals surface area contributed by atoms with Crippen LogP contribution in [0.2, 0.25) is 0 Å². The van der Waals surface area contributed by atoms with Gasteiger partial charge in [-0.25, -0.2) is 4.99 Å². The molecule has 76 valence electrons. The monoisotopic (exact) mass is 204 g/mol. The zero-order valence-corrected chi connectivity index (χ0v) is 7.86. The summed E-state index contributed by atoms with van der Waals surface area (Å²) in [6.45, 7) is 0.753. The third kappa shape index (κ3) is 0.619. The summed E-state index contributed by atoms with van der Waals surface area (Å²) in [5.74, 6) is -1.16. The van der Waals surface area contributed by atoms with Gasteiger partial charge in [0.05, 0.1) is 25.4 Å². The average molecular weight is 204 g/mol. The standard InChI is InChI=1S/C9H8N4O2/c10-4-7-3-8(7,5-11)9(13-6(7)12)14-1-2-15-9/h1-3H2,(H2,12,13)/t7-,8+/m0/s1.